The van der Waals surface area contributed by atoms with Crippen LogP contribution < -0.4 is 10.6 Å². The van der Waals surface area contributed by atoms with Gasteiger partial charge in [0.25, 0.3) is 0 Å². The third-order valence-corrected chi connectivity index (χ3v) is 6.21. The summed E-state index contributed by atoms with van der Waals surface area (Å²) in [7, 11) is 0. The van der Waals surface area contributed by atoms with E-state index in [1.807, 2.05) is 13.8 Å². The molecule has 33 heavy (non-hydrogen) atoms. The summed E-state index contributed by atoms with van der Waals surface area (Å²) in [5.41, 5.74) is 0.662. The summed E-state index contributed by atoms with van der Waals surface area (Å²) in [5.74, 6) is -0.705. The predicted octanol–water partition coefficient (Wildman–Crippen LogP) is 5.86. The van der Waals surface area contributed by atoms with Gasteiger partial charge in [-0.25, -0.2) is 4.79 Å². The van der Waals surface area contributed by atoms with Gasteiger partial charge in [-0.3, -0.25) is 0 Å². The van der Waals surface area contributed by atoms with Crippen molar-refractivity contribution in [2.24, 2.45) is 0 Å². The Morgan fingerprint density at radius 3 is 2.33 bits per heavy atom. The molecule has 2 aliphatic heterocycles. The van der Waals surface area contributed by atoms with Gasteiger partial charge >= 0.3 is 6.03 Å². The maximum atomic E-state index is 12.3. The van der Waals surface area contributed by atoms with Crippen molar-refractivity contribution in [1.29, 1.82) is 0 Å². The van der Waals surface area contributed by atoms with Crippen LogP contribution in [-0.2, 0) is 18.9 Å². The standard InChI is InChI=1S/C25H39ClN2O5/c1-4-5-6-7-8-9-10-11-16-30-23-22-21(32-25(2,3)33-22)20(31-23)17-27-24(29)28-19-14-12-18(26)13-15-19/h12-15,20-23H,4-11,16-17H2,1-3H3,(H2,27,28,29)/t20-,21-,22-,23-/m0/s1. The van der Waals surface area contributed by atoms with Gasteiger partial charge in [0.1, 0.15) is 18.3 Å². The van der Waals surface area contributed by atoms with E-state index in [4.69, 9.17) is 30.5 Å². The molecule has 0 bridgehead atoms. The molecule has 0 saturated carbocycles. The van der Waals surface area contributed by atoms with Crippen molar-refractivity contribution in [2.45, 2.75) is 103 Å². The minimum absolute atomic E-state index is 0.289. The summed E-state index contributed by atoms with van der Waals surface area (Å²) in [6.07, 6.45) is 8.53. The molecule has 1 aromatic carbocycles. The monoisotopic (exact) mass is 482 g/mol. The second kappa shape index (κ2) is 12.9. The van der Waals surface area contributed by atoms with Gasteiger partial charge in [0.2, 0.25) is 0 Å². The lowest BCUT2D eigenvalue weighted by Crippen LogP contribution is -2.41. The summed E-state index contributed by atoms with van der Waals surface area (Å²) in [6.45, 7) is 6.93. The SMILES string of the molecule is CCCCCCCCCCO[C@H]1O[C@@H](CNC(=O)Nc2ccc(Cl)cc2)[C@@H]2OC(C)(C)O[C@H]12. The van der Waals surface area contributed by atoms with Crippen molar-refractivity contribution in [3.63, 3.8) is 0 Å². The highest BCUT2D eigenvalue weighted by Crippen LogP contribution is 2.39. The Balaban J connectivity index is 1.40. The molecule has 4 atom stereocenters. The van der Waals surface area contributed by atoms with Gasteiger partial charge < -0.3 is 29.6 Å². The van der Waals surface area contributed by atoms with Crippen molar-refractivity contribution in [3.05, 3.63) is 29.3 Å². The smallest absolute Gasteiger partial charge is 0.319 e. The largest absolute Gasteiger partial charge is 0.350 e. The number of anilines is 1. The van der Waals surface area contributed by atoms with Crippen molar-refractivity contribution in [2.75, 3.05) is 18.5 Å². The first kappa shape index (κ1) is 26.2. The third-order valence-electron chi connectivity index (χ3n) is 5.95. The minimum atomic E-state index is -0.705. The molecular weight excluding hydrogens is 444 g/mol. The van der Waals surface area contributed by atoms with Crippen LogP contribution in [0.4, 0.5) is 10.5 Å². The Hall–Kier alpha value is -1.38. The van der Waals surface area contributed by atoms with Crippen LogP contribution in [0.2, 0.25) is 5.02 Å². The summed E-state index contributed by atoms with van der Waals surface area (Å²) in [4.78, 5) is 12.3. The molecule has 8 heteroatoms. The molecule has 3 rings (SSSR count). The normalized spacial score (nSPS) is 25.7. The van der Waals surface area contributed by atoms with E-state index in [2.05, 4.69) is 17.6 Å². The fourth-order valence-electron chi connectivity index (χ4n) is 4.28. The molecule has 1 aromatic rings. The fourth-order valence-corrected chi connectivity index (χ4v) is 4.40. The van der Waals surface area contributed by atoms with E-state index < -0.39 is 12.1 Å². The van der Waals surface area contributed by atoms with Gasteiger partial charge in [-0.2, -0.15) is 0 Å². The predicted molar refractivity (Wildman–Crippen MR) is 130 cm³/mol. The number of hydrogen-bond donors (Lipinski definition) is 2. The topological polar surface area (TPSA) is 78.1 Å². The van der Waals surface area contributed by atoms with Crippen LogP contribution in [0, 0.1) is 0 Å². The zero-order valence-electron chi connectivity index (χ0n) is 20.1. The van der Waals surface area contributed by atoms with E-state index in [0.717, 1.165) is 12.8 Å². The molecule has 186 valence electrons. The van der Waals surface area contributed by atoms with Crippen LogP contribution in [0.25, 0.3) is 0 Å². The Morgan fingerprint density at radius 1 is 1.00 bits per heavy atom. The zero-order valence-corrected chi connectivity index (χ0v) is 20.9. The number of rotatable bonds is 13. The van der Waals surface area contributed by atoms with Crippen LogP contribution >= 0.6 is 11.6 Å². The van der Waals surface area contributed by atoms with E-state index in [-0.39, 0.29) is 30.9 Å². The number of nitrogens with one attached hydrogen (secondary N) is 2. The summed E-state index contributed by atoms with van der Waals surface area (Å²) < 4.78 is 24.2. The molecule has 2 fully saturated rings. The molecule has 2 amide bonds. The van der Waals surface area contributed by atoms with Gasteiger partial charge in [0.05, 0.1) is 0 Å². The molecule has 2 aliphatic rings. The minimum Gasteiger partial charge on any atom is -0.350 e. The number of halogens is 1. The van der Waals surface area contributed by atoms with Crippen LogP contribution in [-0.4, -0.2) is 49.6 Å². The van der Waals surface area contributed by atoms with Crippen LogP contribution in [0.3, 0.4) is 0 Å². The average Bonchev–Trinajstić information content (AvgIpc) is 3.26. The number of carbonyl (C=O) groups excluding carboxylic acids is 1. The van der Waals surface area contributed by atoms with Gasteiger partial charge in [-0.1, -0.05) is 63.5 Å². The van der Waals surface area contributed by atoms with E-state index in [1.165, 1.54) is 38.5 Å². The summed E-state index contributed by atoms with van der Waals surface area (Å²) in [5, 5.41) is 6.25. The molecule has 0 aliphatic carbocycles. The van der Waals surface area contributed by atoms with Crippen LogP contribution in [0.15, 0.2) is 24.3 Å². The van der Waals surface area contributed by atoms with Gasteiger partial charge in [-0.05, 0) is 44.5 Å². The number of ether oxygens (including phenoxy) is 4. The van der Waals surface area contributed by atoms with Crippen LogP contribution in [0.5, 0.6) is 0 Å². The highest BCUT2D eigenvalue weighted by molar-refractivity contribution is 6.30. The maximum Gasteiger partial charge on any atom is 0.319 e. The Morgan fingerprint density at radius 2 is 1.64 bits per heavy atom. The Kier molecular flexibility index (Phi) is 10.3. The van der Waals surface area contributed by atoms with Crippen LogP contribution in [0.1, 0.15) is 72.1 Å². The first-order valence-electron chi connectivity index (χ1n) is 12.3. The first-order valence-corrected chi connectivity index (χ1v) is 12.7. The lowest BCUT2D eigenvalue weighted by molar-refractivity contribution is -0.232. The van der Waals surface area contributed by atoms with Crippen molar-refractivity contribution in [3.8, 4) is 0 Å². The number of carbonyl (C=O) groups is 1. The molecule has 2 N–H and O–H groups in total. The number of amides is 2. The highest BCUT2D eigenvalue weighted by atomic mass is 35.5. The van der Waals surface area contributed by atoms with Crippen molar-refractivity contribution in [1.82, 2.24) is 5.32 Å². The molecule has 0 radical (unpaired) electrons. The van der Waals surface area contributed by atoms with Gasteiger partial charge in [-0.15, -0.1) is 0 Å². The van der Waals surface area contributed by atoms with E-state index in [9.17, 15) is 4.79 Å². The molecule has 0 spiro atoms. The van der Waals surface area contributed by atoms with E-state index >= 15 is 0 Å². The van der Waals surface area contributed by atoms with Gasteiger partial charge in [0, 0.05) is 23.9 Å². The Labute approximate surface area is 202 Å². The first-order chi connectivity index (χ1) is 15.9. The molecule has 0 unspecified atom stereocenters. The highest BCUT2D eigenvalue weighted by Gasteiger charge is 2.55. The van der Waals surface area contributed by atoms with E-state index in [0.29, 0.717) is 17.3 Å². The lowest BCUT2D eigenvalue weighted by Gasteiger charge is -2.24. The number of unbranched alkanes of at least 4 members (excludes halogenated alkanes) is 7. The average molecular weight is 483 g/mol. The summed E-state index contributed by atoms with van der Waals surface area (Å²) >= 11 is 5.89. The summed E-state index contributed by atoms with van der Waals surface area (Å²) in [6, 6.07) is 6.62. The maximum absolute atomic E-state index is 12.3. The molecular formula is C25H39ClN2O5. The van der Waals surface area contributed by atoms with Crippen molar-refractivity contribution >= 4 is 23.3 Å². The number of hydrogen-bond acceptors (Lipinski definition) is 5. The second-order valence-electron chi connectivity index (χ2n) is 9.30. The zero-order chi connectivity index (χ0) is 23.7. The molecule has 2 heterocycles. The fraction of sp³-hybridized carbons (Fsp3) is 0.720. The quantitative estimate of drug-likeness (QED) is 0.344. The van der Waals surface area contributed by atoms with Crippen molar-refractivity contribution < 1.29 is 23.7 Å². The number of fused-ring (bicyclic) bond motifs is 1. The number of benzene rings is 1. The van der Waals surface area contributed by atoms with E-state index in [1.54, 1.807) is 24.3 Å². The lowest BCUT2D eigenvalue weighted by atomic mass is 10.1. The van der Waals surface area contributed by atoms with Gasteiger partial charge in [0.15, 0.2) is 12.1 Å². The molecule has 0 aromatic heterocycles. The molecule has 7 nitrogen and oxygen atoms in total. The molecule has 2 saturated heterocycles. The third kappa shape index (κ3) is 8.41. The number of urea groups is 1. The Bertz CT molecular complexity index is 730. The second-order valence-corrected chi connectivity index (χ2v) is 9.73.